The molecule has 10 heteroatoms. The Hall–Kier alpha value is -3.27. The molecular formula is C22H31N7O3. The third-order valence-electron chi connectivity index (χ3n) is 5.96. The summed E-state index contributed by atoms with van der Waals surface area (Å²) in [5, 5.41) is 11.8. The fourth-order valence-electron chi connectivity index (χ4n) is 3.91. The molecule has 1 aromatic carbocycles. The van der Waals surface area contributed by atoms with Gasteiger partial charge in [-0.05, 0) is 19.2 Å². The van der Waals surface area contributed by atoms with Gasteiger partial charge in [-0.2, -0.15) is 0 Å². The first kappa shape index (κ1) is 21.9. The van der Waals surface area contributed by atoms with Gasteiger partial charge in [0, 0.05) is 76.2 Å². The minimum absolute atomic E-state index is 0.142. The number of aromatic nitrogens is 2. The number of carbonyl (C=O) groups excluding carboxylic acids is 1. The van der Waals surface area contributed by atoms with Gasteiger partial charge in [-0.25, -0.2) is 4.79 Å². The molecule has 0 radical (unpaired) electrons. The van der Waals surface area contributed by atoms with Crippen LogP contribution in [0.5, 0.6) is 11.5 Å². The summed E-state index contributed by atoms with van der Waals surface area (Å²) < 4.78 is 10.5. The second-order valence-electron chi connectivity index (χ2n) is 8.05. The van der Waals surface area contributed by atoms with Gasteiger partial charge in [0.15, 0.2) is 11.6 Å². The number of methoxy groups -OCH3 is 2. The van der Waals surface area contributed by atoms with Gasteiger partial charge in [0.25, 0.3) is 0 Å². The zero-order chi connectivity index (χ0) is 22.5. The van der Waals surface area contributed by atoms with Crippen LogP contribution >= 0.6 is 0 Å². The van der Waals surface area contributed by atoms with Gasteiger partial charge in [-0.3, -0.25) is 0 Å². The standard InChI is InChI=1S/C22H31N7O3/c1-26-6-8-27(9-7-26)20-4-5-21(25-24-20)28-10-12-29(13-11-28)22(30)23-17-14-18(31-2)16-19(15-17)32-3/h4-5,14-16H,6-13H2,1-3H3,(H,23,30). The predicted molar refractivity (Wildman–Crippen MR) is 124 cm³/mol. The van der Waals surface area contributed by atoms with E-state index in [2.05, 4.69) is 37.3 Å². The first-order valence-corrected chi connectivity index (χ1v) is 10.9. The molecular weight excluding hydrogens is 410 g/mol. The zero-order valence-corrected chi connectivity index (χ0v) is 19.0. The average molecular weight is 442 g/mol. The SMILES string of the molecule is COc1cc(NC(=O)N2CCN(c3ccc(N4CCN(C)CC4)nn3)CC2)cc(OC)c1. The van der Waals surface area contributed by atoms with Crippen LogP contribution < -0.4 is 24.6 Å². The van der Waals surface area contributed by atoms with Crippen molar-refractivity contribution >= 4 is 23.4 Å². The Morgan fingerprint density at radius 2 is 1.31 bits per heavy atom. The van der Waals surface area contributed by atoms with Crippen molar-refractivity contribution in [2.24, 2.45) is 0 Å². The van der Waals surface area contributed by atoms with Crippen molar-refractivity contribution in [1.29, 1.82) is 0 Å². The number of likely N-dealkylation sites (N-methyl/N-ethyl adjacent to an activating group) is 1. The summed E-state index contributed by atoms with van der Waals surface area (Å²) in [4.78, 5) is 21.3. The number of hydrogen-bond donors (Lipinski definition) is 1. The van der Waals surface area contributed by atoms with Crippen molar-refractivity contribution < 1.29 is 14.3 Å². The van der Waals surface area contributed by atoms with Gasteiger partial charge in [0.2, 0.25) is 0 Å². The molecule has 2 aromatic rings. The fourth-order valence-corrected chi connectivity index (χ4v) is 3.91. The van der Waals surface area contributed by atoms with Crippen LogP contribution in [0.3, 0.4) is 0 Å². The summed E-state index contributed by atoms with van der Waals surface area (Å²) >= 11 is 0. The van der Waals surface area contributed by atoms with E-state index in [1.54, 1.807) is 37.3 Å². The lowest BCUT2D eigenvalue weighted by Crippen LogP contribution is -2.50. The van der Waals surface area contributed by atoms with Gasteiger partial charge < -0.3 is 34.4 Å². The molecule has 2 amide bonds. The van der Waals surface area contributed by atoms with Crippen molar-refractivity contribution in [3.8, 4) is 11.5 Å². The van der Waals surface area contributed by atoms with Gasteiger partial charge >= 0.3 is 6.03 Å². The maximum Gasteiger partial charge on any atom is 0.321 e. The molecule has 2 fully saturated rings. The van der Waals surface area contributed by atoms with E-state index < -0.39 is 0 Å². The molecule has 172 valence electrons. The van der Waals surface area contributed by atoms with Crippen LogP contribution in [0.25, 0.3) is 0 Å². The van der Waals surface area contributed by atoms with Gasteiger partial charge in [0.1, 0.15) is 11.5 Å². The normalized spacial score (nSPS) is 17.3. The van der Waals surface area contributed by atoms with E-state index in [4.69, 9.17) is 9.47 Å². The quantitative estimate of drug-likeness (QED) is 0.749. The third-order valence-corrected chi connectivity index (χ3v) is 5.96. The van der Waals surface area contributed by atoms with Crippen LogP contribution in [0.4, 0.5) is 22.1 Å². The van der Waals surface area contributed by atoms with E-state index in [1.807, 2.05) is 12.1 Å². The number of carbonyl (C=O) groups is 1. The van der Waals surface area contributed by atoms with Gasteiger partial charge in [-0.1, -0.05) is 0 Å². The van der Waals surface area contributed by atoms with Crippen LogP contribution in [0.2, 0.25) is 0 Å². The summed E-state index contributed by atoms with van der Waals surface area (Å²) in [5.74, 6) is 3.03. The Labute approximate surface area is 188 Å². The molecule has 2 saturated heterocycles. The van der Waals surface area contributed by atoms with E-state index >= 15 is 0 Å². The van der Waals surface area contributed by atoms with E-state index in [1.165, 1.54) is 0 Å². The summed E-state index contributed by atoms with van der Waals surface area (Å²) in [6.07, 6.45) is 0. The lowest BCUT2D eigenvalue weighted by atomic mass is 10.2. The van der Waals surface area contributed by atoms with Crippen molar-refractivity contribution in [2.75, 3.05) is 88.7 Å². The van der Waals surface area contributed by atoms with Gasteiger partial charge in [0.05, 0.1) is 14.2 Å². The lowest BCUT2D eigenvalue weighted by molar-refractivity contribution is 0.208. The van der Waals surface area contributed by atoms with Crippen molar-refractivity contribution in [1.82, 2.24) is 20.0 Å². The summed E-state index contributed by atoms with van der Waals surface area (Å²) in [6, 6.07) is 9.24. The van der Waals surface area contributed by atoms with Crippen LogP contribution in [0.1, 0.15) is 0 Å². The molecule has 2 aliphatic heterocycles. The largest absolute Gasteiger partial charge is 0.497 e. The van der Waals surface area contributed by atoms with Crippen molar-refractivity contribution in [3.05, 3.63) is 30.3 Å². The van der Waals surface area contributed by atoms with E-state index in [0.717, 1.165) is 37.8 Å². The number of urea groups is 1. The molecule has 0 atom stereocenters. The smallest absolute Gasteiger partial charge is 0.321 e. The Morgan fingerprint density at radius 1 is 0.812 bits per heavy atom. The highest BCUT2D eigenvalue weighted by molar-refractivity contribution is 5.90. The number of rotatable bonds is 5. The Kier molecular flexibility index (Phi) is 6.79. The van der Waals surface area contributed by atoms with Crippen LogP contribution in [-0.2, 0) is 0 Å². The minimum atomic E-state index is -0.142. The maximum atomic E-state index is 12.7. The molecule has 0 saturated carbocycles. The molecule has 0 bridgehead atoms. The number of hydrogen-bond acceptors (Lipinski definition) is 8. The predicted octanol–water partition coefficient (Wildman–Crippen LogP) is 1.60. The molecule has 2 aliphatic rings. The molecule has 0 spiro atoms. The van der Waals surface area contributed by atoms with Crippen LogP contribution in [0, 0.1) is 0 Å². The highest BCUT2D eigenvalue weighted by Crippen LogP contribution is 2.26. The highest BCUT2D eigenvalue weighted by Gasteiger charge is 2.23. The second-order valence-corrected chi connectivity index (χ2v) is 8.05. The average Bonchev–Trinajstić information content (AvgIpc) is 2.84. The molecule has 0 aliphatic carbocycles. The number of amides is 2. The van der Waals surface area contributed by atoms with Crippen LogP contribution in [-0.4, -0.2) is 99.7 Å². The number of nitrogens with zero attached hydrogens (tertiary/aromatic N) is 6. The van der Waals surface area contributed by atoms with Gasteiger partial charge in [-0.15, -0.1) is 10.2 Å². The molecule has 32 heavy (non-hydrogen) atoms. The highest BCUT2D eigenvalue weighted by atomic mass is 16.5. The Balaban J connectivity index is 1.30. The zero-order valence-electron chi connectivity index (χ0n) is 19.0. The molecule has 3 heterocycles. The summed E-state index contributed by atoms with van der Waals surface area (Å²) in [5.41, 5.74) is 0.638. The fraction of sp³-hybridized carbons (Fsp3) is 0.500. The van der Waals surface area contributed by atoms with E-state index in [-0.39, 0.29) is 6.03 Å². The molecule has 1 N–H and O–H groups in total. The monoisotopic (exact) mass is 441 g/mol. The minimum Gasteiger partial charge on any atom is -0.497 e. The number of anilines is 3. The maximum absolute atomic E-state index is 12.7. The first-order chi connectivity index (χ1) is 15.6. The molecule has 4 rings (SSSR count). The summed E-state index contributed by atoms with van der Waals surface area (Å²) in [7, 11) is 5.31. The van der Waals surface area contributed by atoms with Crippen LogP contribution in [0.15, 0.2) is 30.3 Å². The molecule has 1 aromatic heterocycles. The lowest BCUT2D eigenvalue weighted by Gasteiger charge is -2.35. The van der Waals surface area contributed by atoms with Crippen molar-refractivity contribution in [2.45, 2.75) is 0 Å². The van der Waals surface area contributed by atoms with Crippen molar-refractivity contribution in [3.63, 3.8) is 0 Å². The Bertz CT molecular complexity index is 886. The number of ether oxygens (including phenoxy) is 2. The first-order valence-electron chi connectivity index (χ1n) is 10.9. The van der Waals surface area contributed by atoms with E-state index in [0.29, 0.717) is 43.4 Å². The Morgan fingerprint density at radius 3 is 1.78 bits per heavy atom. The number of nitrogens with one attached hydrogen (secondary N) is 1. The number of piperazine rings is 2. The molecule has 10 nitrogen and oxygen atoms in total. The second kappa shape index (κ2) is 9.90. The summed E-state index contributed by atoms with van der Waals surface area (Å²) in [6.45, 7) is 6.64. The number of benzene rings is 1. The third kappa shape index (κ3) is 5.13. The molecule has 0 unspecified atom stereocenters. The van der Waals surface area contributed by atoms with E-state index in [9.17, 15) is 4.79 Å². The topological polar surface area (TPSA) is 86.3 Å².